The van der Waals surface area contributed by atoms with E-state index in [0.29, 0.717) is 30.1 Å². The van der Waals surface area contributed by atoms with Gasteiger partial charge in [-0.2, -0.15) is 0 Å². The molecule has 4 nitrogen and oxygen atoms in total. The number of carbonyl (C=O) groups excluding carboxylic acids is 1. The summed E-state index contributed by atoms with van der Waals surface area (Å²) in [6.07, 6.45) is 0.993. The monoisotopic (exact) mass is 300 g/mol. The highest BCUT2D eigenvalue weighted by Crippen LogP contribution is 2.35. The van der Waals surface area contributed by atoms with Gasteiger partial charge in [0, 0.05) is 18.1 Å². The van der Waals surface area contributed by atoms with Crippen molar-refractivity contribution in [1.29, 1.82) is 0 Å². The summed E-state index contributed by atoms with van der Waals surface area (Å²) in [5, 5.41) is 0. The first-order chi connectivity index (χ1) is 10.7. The molecule has 0 amide bonds. The van der Waals surface area contributed by atoms with Crippen molar-refractivity contribution in [1.82, 2.24) is 0 Å². The fraction of sp³-hybridized carbons (Fsp3) is 0.278. The predicted octanol–water partition coefficient (Wildman–Crippen LogP) is 3.53. The minimum atomic E-state index is 0.109. The van der Waals surface area contributed by atoms with E-state index in [1.165, 1.54) is 0 Å². The zero-order valence-corrected chi connectivity index (χ0v) is 13.1. The van der Waals surface area contributed by atoms with Crippen LogP contribution < -0.4 is 14.2 Å². The fourth-order valence-electron chi connectivity index (χ4n) is 2.30. The minimum Gasteiger partial charge on any atom is -0.496 e. The second kappa shape index (κ2) is 7.50. The molecule has 0 saturated carbocycles. The molecule has 0 spiro atoms. The third kappa shape index (κ3) is 3.58. The summed E-state index contributed by atoms with van der Waals surface area (Å²) >= 11 is 0. The molecule has 4 heteroatoms. The molecule has 2 rings (SSSR count). The molecule has 0 N–H and O–H groups in total. The van der Waals surface area contributed by atoms with E-state index in [4.69, 9.17) is 14.2 Å². The molecule has 0 radical (unpaired) electrons. The Morgan fingerprint density at radius 3 is 2.05 bits per heavy atom. The molecule has 0 aliphatic carbocycles. The van der Waals surface area contributed by atoms with Crippen molar-refractivity contribution in [3.63, 3.8) is 0 Å². The standard InChI is InChI=1S/C18H20O4/c1-20-16-12-18(22-3)17(21-2)11-14(16)9-10-15(19)13-7-5-4-6-8-13/h4-8,11-12H,9-10H2,1-3H3. The van der Waals surface area contributed by atoms with Crippen LogP contribution in [0.5, 0.6) is 17.2 Å². The Hall–Kier alpha value is -2.49. The van der Waals surface area contributed by atoms with Crippen LogP contribution >= 0.6 is 0 Å². The quantitative estimate of drug-likeness (QED) is 0.734. The fourth-order valence-corrected chi connectivity index (χ4v) is 2.30. The van der Waals surface area contributed by atoms with E-state index in [1.54, 1.807) is 27.4 Å². The van der Waals surface area contributed by atoms with Gasteiger partial charge in [0.05, 0.1) is 21.3 Å². The summed E-state index contributed by atoms with van der Waals surface area (Å²) in [6, 6.07) is 12.9. The molecule has 0 aliphatic heterocycles. The van der Waals surface area contributed by atoms with Crippen LogP contribution in [0.25, 0.3) is 0 Å². The largest absolute Gasteiger partial charge is 0.496 e. The second-order valence-electron chi connectivity index (χ2n) is 4.81. The topological polar surface area (TPSA) is 44.8 Å². The lowest BCUT2D eigenvalue weighted by atomic mass is 10.0. The summed E-state index contributed by atoms with van der Waals surface area (Å²) < 4.78 is 15.9. The maximum Gasteiger partial charge on any atom is 0.164 e. The first-order valence-corrected chi connectivity index (χ1v) is 7.06. The highest BCUT2D eigenvalue weighted by molar-refractivity contribution is 5.96. The highest BCUT2D eigenvalue weighted by atomic mass is 16.5. The van der Waals surface area contributed by atoms with Crippen LogP contribution in [0, 0.1) is 0 Å². The zero-order valence-electron chi connectivity index (χ0n) is 13.1. The van der Waals surface area contributed by atoms with Gasteiger partial charge in [0.25, 0.3) is 0 Å². The minimum absolute atomic E-state index is 0.109. The Morgan fingerprint density at radius 1 is 0.864 bits per heavy atom. The zero-order chi connectivity index (χ0) is 15.9. The number of ketones is 1. The molecule has 116 valence electrons. The second-order valence-corrected chi connectivity index (χ2v) is 4.81. The molecule has 0 atom stereocenters. The Morgan fingerprint density at radius 2 is 1.45 bits per heavy atom. The van der Waals surface area contributed by atoms with Crippen LogP contribution in [-0.2, 0) is 6.42 Å². The SMILES string of the molecule is COc1cc(OC)c(OC)cc1CCC(=O)c1ccccc1. The van der Waals surface area contributed by atoms with Gasteiger partial charge in [-0.05, 0) is 18.1 Å². The van der Waals surface area contributed by atoms with E-state index in [9.17, 15) is 4.79 Å². The number of hydrogen-bond acceptors (Lipinski definition) is 4. The molecule has 22 heavy (non-hydrogen) atoms. The third-order valence-corrected chi connectivity index (χ3v) is 3.50. The maximum absolute atomic E-state index is 12.2. The lowest BCUT2D eigenvalue weighted by Crippen LogP contribution is -2.03. The van der Waals surface area contributed by atoms with E-state index in [-0.39, 0.29) is 5.78 Å². The number of benzene rings is 2. The van der Waals surface area contributed by atoms with Crippen molar-refractivity contribution in [3.8, 4) is 17.2 Å². The molecule has 2 aromatic rings. The normalized spacial score (nSPS) is 10.1. The van der Waals surface area contributed by atoms with Gasteiger partial charge in [0.1, 0.15) is 5.75 Å². The van der Waals surface area contributed by atoms with Crippen molar-refractivity contribution in [2.24, 2.45) is 0 Å². The third-order valence-electron chi connectivity index (χ3n) is 3.50. The van der Waals surface area contributed by atoms with Crippen LogP contribution in [-0.4, -0.2) is 27.1 Å². The van der Waals surface area contributed by atoms with Gasteiger partial charge in [0.2, 0.25) is 0 Å². The lowest BCUT2D eigenvalue weighted by molar-refractivity contribution is 0.0982. The molecule has 0 fully saturated rings. The average Bonchev–Trinajstić information content (AvgIpc) is 2.59. The van der Waals surface area contributed by atoms with Crippen LogP contribution in [0.4, 0.5) is 0 Å². The smallest absolute Gasteiger partial charge is 0.164 e. The maximum atomic E-state index is 12.2. The molecule has 0 aliphatic rings. The van der Waals surface area contributed by atoms with Gasteiger partial charge in [-0.15, -0.1) is 0 Å². The van der Waals surface area contributed by atoms with Gasteiger partial charge >= 0.3 is 0 Å². The van der Waals surface area contributed by atoms with Gasteiger partial charge in [-0.25, -0.2) is 0 Å². The highest BCUT2D eigenvalue weighted by Gasteiger charge is 2.13. The van der Waals surface area contributed by atoms with Crippen LogP contribution in [0.15, 0.2) is 42.5 Å². The van der Waals surface area contributed by atoms with Gasteiger partial charge in [-0.1, -0.05) is 30.3 Å². The predicted molar refractivity (Wildman–Crippen MR) is 85.2 cm³/mol. The molecule has 0 unspecified atom stereocenters. The molecule has 0 aromatic heterocycles. The Balaban J connectivity index is 2.17. The van der Waals surface area contributed by atoms with Gasteiger partial charge < -0.3 is 14.2 Å². The first kappa shape index (κ1) is 15.9. The molecule has 2 aromatic carbocycles. The molecule has 0 saturated heterocycles. The van der Waals surface area contributed by atoms with Crippen molar-refractivity contribution in [3.05, 3.63) is 53.6 Å². The van der Waals surface area contributed by atoms with E-state index >= 15 is 0 Å². The van der Waals surface area contributed by atoms with Gasteiger partial charge in [-0.3, -0.25) is 4.79 Å². The number of Topliss-reactive ketones (excluding diaryl/α,β-unsaturated/α-hetero) is 1. The first-order valence-electron chi connectivity index (χ1n) is 7.06. The van der Waals surface area contributed by atoms with Gasteiger partial charge in [0.15, 0.2) is 17.3 Å². The molecule has 0 heterocycles. The van der Waals surface area contributed by atoms with E-state index < -0.39 is 0 Å². The Kier molecular flexibility index (Phi) is 5.42. The number of aryl methyl sites for hydroxylation is 1. The summed E-state index contributed by atoms with van der Waals surface area (Å²) in [7, 11) is 4.77. The molecule has 0 bridgehead atoms. The molecular weight excluding hydrogens is 280 g/mol. The Labute approximate surface area is 130 Å². The van der Waals surface area contributed by atoms with Crippen LogP contribution in [0.1, 0.15) is 22.3 Å². The Bertz CT molecular complexity index is 635. The summed E-state index contributed by atoms with van der Waals surface area (Å²) in [5.74, 6) is 2.04. The van der Waals surface area contributed by atoms with Crippen molar-refractivity contribution in [2.45, 2.75) is 12.8 Å². The van der Waals surface area contributed by atoms with E-state index in [2.05, 4.69) is 0 Å². The summed E-state index contributed by atoms with van der Waals surface area (Å²) in [5.41, 5.74) is 1.64. The van der Waals surface area contributed by atoms with E-state index in [1.807, 2.05) is 36.4 Å². The van der Waals surface area contributed by atoms with Crippen LogP contribution in [0.3, 0.4) is 0 Å². The lowest BCUT2D eigenvalue weighted by Gasteiger charge is -2.14. The van der Waals surface area contributed by atoms with Crippen molar-refractivity contribution in [2.75, 3.05) is 21.3 Å². The number of rotatable bonds is 7. The summed E-state index contributed by atoms with van der Waals surface area (Å²) in [4.78, 5) is 12.2. The summed E-state index contributed by atoms with van der Waals surface area (Å²) in [6.45, 7) is 0. The number of methoxy groups -OCH3 is 3. The molecular formula is C18H20O4. The number of carbonyl (C=O) groups is 1. The average molecular weight is 300 g/mol. The van der Waals surface area contributed by atoms with Crippen LogP contribution in [0.2, 0.25) is 0 Å². The number of hydrogen-bond donors (Lipinski definition) is 0. The number of ether oxygens (including phenoxy) is 3. The van der Waals surface area contributed by atoms with Crippen molar-refractivity contribution >= 4 is 5.78 Å². The van der Waals surface area contributed by atoms with Crippen molar-refractivity contribution < 1.29 is 19.0 Å². The van der Waals surface area contributed by atoms with E-state index in [0.717, 1.165) is 11.1 Å².